The first-order valence-corrected chi connectivity index (χ1v) is 7.52. The van der Waals surface area contributed by atoms with Gasteiger partial charge in [-0.15, -0.1) is 0 Å². The second-order valence-electron chi connectivity index (χ2n) is 4.58. The number of hydrogen-bond acceptors (Lipinski definition) is 3. The number of benzene rings is 1. The fraction of sp³-hybridized carbons (Fsp3) is 0.500. The summed E-state index contributed by atoms with van der Waals surface area (Å²) in [5, 5.41) is 9.25. The molecule has 0 aromatic heterocycles. The van der Waals surface area contributed by atoms with Crippen LogP contribution in [0.1, 0.15) is 18.4 Å². The van der Waals surface area contributed by atoms with E-state index in [2.05, 4.69) is 9.44 Å². The van der Waals surface area contributed by atoms with Crippen LogP contribution in [0.15, 0.2) is 30.3 Å². The lowest BCUT2D eigenvalue weighted by Crippen LogP contribution is -2.46. The fourth-order valence-electron chi connectivity index (χ4n) is 1.72. The molecular formula is C12H18N2O3S. The molecule has 0 radical (unpaired) electrons. The lowest BCUT2D eigenvalue weighted by molar-refractivity contribution is 0.255. The van der Waals surface area contributed by atoms with Crippen LogP contribution in [-0.2, 0) is 16.6 Å². The van der Waals surface area contributed by atoms with Crippen LogP contribution in [0.5, 0.6) is 0 Å². The highest BCUT2D eigenvalue weighted by molar-refractivity contribution is 7.87. The Balaban J connectivity index is 1.92. The molecule has 0 saturated heterocycles. The molecule has 0 bridgehead atoms. The van der Waals surface area contributed by atoms with Crippen molar-refractivity contribution >= 4 is 10.2 Å². The average Bonchev–Trinajstić information content (AvgIpc) is 3.12. The first kappa shape index (κ1) is 13.5. The van der Waals surface area contributed by atoms with Crippen molar-refractivity contribution in [3.63, 3.8) is 0 Å². The monoisotopic (exact) mass is 270 g/mol. The van der Waals surface area contributed by atoms with Gasteiger partial charge in [-0.25, -0.2) is 0 Å². The van der Waals surface area contributed by atoms with Crippen LogP contribution >= 0.6 is 0 Å². The Morgan fingerprint density at radius 1 is 1.28 bits per heavy atom. The Morgan fingerprint density at radius 2 is 1.94 bits per heavy atom. The van der Waals surface area contributed by atoms with E-state index in [1.807, 2.05) is 30.3 Å². The molecule has 1 saturated carbocycles. The van der Waals surface area contributed by atoms with Gasteiger partial charge in [-0.2, -0.15) is 17.9 Å². The Morgan fingerprint density at radius 3 is 2.50 bits per heavy atom. The molecule has 1 aliphatic carbocycles. The fourth-order valence-corrected chi connectivity index (χ4v) is 3.06. The van der Waals surface area contributed by atoms with Gasteiger partial charge < -0.3 is 5.11 Å². The Bertz CT molecular complexity index is 471. The molecule has 2 rings (SSSR count). The van der Waals surface area contributed by atoms with Crippen molar-refractivity contribution in [2.24, 2.45) is 0 Å². The number of rotatable bonds is 7. The molecule has 0 amide bonds. The van der Waals surface area contributed by atoms with E-state index in [-0.39, 0.29) is 12.6 Å². The molecule has 3 N–H and O–H groups in total. The molecule has 1 unspecified atom stereocenters. The molecule has 0 heterocycles. The standard InChI is InChI=1S/C12H18N2O3S/c15-9-12(8-10-4-2-1-3-5-10)14-18(16,17)13-11-6-7-11/h1-5,11-15H,6-9H2. The highest BCUT2D eigenvalue weighted by Crippen LogP contribution is 2.19. The maximum absolute atomic E-state index is 11.7. The van der Waals surface area contributed by atoms with Crippen LogP contribution < -0.4 is 9.44 Å². The maximum atomic E-state index is 11.7. The summed E-state index contributed by atoms with van der Waals surface area (Å²) in [6, 6.07) is 9.07. The van der Waals surface area contributed by atoms with Crippen LogP contribution in [-0.4, -0.2) is 32.2 Å². The number of hydrogen-bond donors (Lipinski definition) is 3. The maximum Gasteiger partial charge on any atom is 0.277 e. The zero-order valence-corrected chi connectivity index (χ0v) is 10.9. The summed E-state index contributed by atoms with van der Waals surface area (Å²) in [4.78, 5) is 0. The van der Waals surface area contributed by atoms with E-state index >= 15 is 0 Å². The van der Waals surface area contributed by atoms with E-state index in [9.17, 15) is 13.5 Å². The van der Waals surface area contributed by atoms with Gasteiger partial charge in [0.2, 0.25) is 0 Å². The molecule has 1 fully saturated rings. The van der Waals surface area contributed by atoms with Crippen molar-refractivity contribution in [1.29, 1.82) is 0 Å². The highest BCUT2D eigenvalue weighted by atomic mass is 32.2. The predicted octanol–water partition coefficient (Wildman–Crippen LogP) is 0.176. The third kappa shape index (κ3) is 4.38. The first-order valence-electron chi connectivity index (χ1n) is 6.03. The summed E-state index contributed by atoms with van der Waals surface area (Å²) < 4.78 is 28.4. The quantitative estimate of drug-likeness (QED) is 0.661. The Hall–Kier alpha value is -0.950. The molecule has 0 aliphatic heterocycles. The van der Waals surface area contributed by atoms with Crippen molar-refractivity contribution in [1.82, 2.24) is 9.44 Å². The van der Waals surface area contributed by atoms with Crippen LogP contribution in [0.3, 0.4) is 0 Å². The Kier molecular flexibility index (Phi) is 4.34. The van der Waals surface area contributed by atoms with E-state index in [0.29, 0.717) is 6.42 Å². The number of aliphatic hydroxyl groups is 1. The van der Waals surface area contributed by atoms with E-state index in [0.717, 1.165) is 18.4 Å². The molecular weight excluding hydrogens is 252 g/mol. The molecule has 1 aromatic carbocycles. The van der Waals surface area contributed by atoms with Gasteiger partial charge >= 0.3 is 0 Å². The summed E-state index contributed by atoms with van der Waals surface area (Å²) in [6.07, 6.45) is 2.26. The minimum Gasteiger partial charge on any atom is -0.395 e. The first-order chi connectivity index (χ1) is 8.59. The van der Waals surface area contributed by atoms with Gasteiger partial charge in [-0.1, -0.05) is 30.3 Å². The summed E-state index contributed by atoms with van der Waals surface area (Å²) in [5.74, 6) is 0. The van der Waals surface area contributed by atoms with Crippen molar-refractivity contribution in [2.75, 3.05) is 6.61 Å². The molecule has 1 aliphatic rings. The van der Waals surface area contributed by atoms with Crippen LogP contribution in [0, 0.1) is 0 Å². The third-order valence-corrected chi connectivity index (χ3v) is 4.05. The molecule has 100 valence electrons. The normalized spacial score (nSPS) is 17.6. The van der Waals surface area contributed by atoms with Crippen molar-refractivity contribution in [3.8, 4) is 0 Å². The van der Waals surface area contributed by atoms with Crippen molar-refractivity contribution < 1.29 is 13.5 Å². The van der Waals surface area contributed by atoms with E-state index in [4.69, 9.17) is 0 Å². The van der Waals surface area contributed by atoms with E-state index in [1.54, 1.807) is 0 Å². The summed E-state index contributed by atoms with van der Waals surface area (Å²) in [6.45, 7) is -0.222. The lowest BCUT2D eigenvalue weighted by Gasteiger charge is -2.16. The van der Waals surface area contributed by atoms with Gasteiger partial charge in [0.05, 0.1) is 12.6 Å². The summed E-state index contributed by atoms with van der Waals surface area (Å²) in [7, 11) is -3.51. The van der Waals surface area contributed by atoms with E-state index < -0.39 is 16.3 Å². The third-order valence-electron chi connectivity index (χ3n) is 2.77. The van der Waals surface area contributed by atoms with Crippen LogP contribution in [0.4, 0.5) is 0 Å². The average molecular weight is 270 g/mol. The van der Waals surface area contributed by atoms with Gasteiger partial charge in [-0.05, 0) is 24.8 Å². The van der Waals surface area contributed by atoms with E-state index in [1.165, 1.54) is 0 Å². The summed E-state index contributed by atoms with van der Waals surface area (Å²) in [5.41, 5.74) is 0.991. The Labute approximate surface area is 107 Å². The molecule has 1 atom stereocenters. The zero-order chi connectivity index (χ0) is 13.0. The van der Waals surface area contributed by atoms with Gasteiger partial charge in [0.25, 0.3) is 10.2 Å². The second-order valence-corrected chi connectivity index (χ2v) is 6.06. The van der Waals surface area contributed by atoms with Gasteiger partial charge in [0.15, 0.2) is 0 Å². The van der Waals surface area contributed by atoms with Gasteiger partial charge in [-0.3, -0.25) is 0 Å². The van der Waals surface area contributed by atoms with Crippen molar-refractivity contribution in [2.45, 2.75) is 31.3 Å². The minimum absolute atomic E-state index is 0.0681. The number of nitrogens with one attached hydrogen (secondary N) is 2. The largest absolute Gasteiger partial charge is 0.395 e. The molecule has 5 nitrogen and oxygen atoms in total. The predicted molar refractivity (Wildman–Crippen MR) is 69.2 cm³/mol. The van der Waals surface area contributed by atoms with Crippen LogP contribution in [0.2, 0.25) is 0 Å². The number of aliphatic hydroxyl groups excluding tert-OH is 1. The highest BCUT2D eigenvalue weighted by Gasteiger charge is 2.28. The van der Waals surface area contributed by atoms with Crippen LogP contribution in [0.25, 0.3) is 0 Å². The topological polar surface area (TPSA) is 78.4 Å². The SMILES string of the molecule is O=S(=O)(NC1CC1)NC(CO)Cc1ccccc1. The van der Waals surface area contributed by atoms with Gasteiger partial charge in [0, 0.05) is 6.04 Å². The minimum atomic E-state index is -3.51. The molecule has 18 heavy (non-hydrogen) atoms. The lowest BCUT2D eigenvalue weighted by atomic mass is 10.1. The van der Waals surface area contributed by atoms with Crippen molar-refractivity contribution in [3.05, 3.63) is 35.9 Å². The molecule has 0 spiro atoms. The second kappa shape index (κ2) is 5.79. The molecule has 1 aromatic rings. The smallest absolute Gasteiger partial charge is 0.277 e. The van der Waals surface area contributed by atoms with Gasteiger partial charge in [0.1, 0.15) is 0 Å². The zero-order valence-electron chi connectivity index (χ0n) is 10.0. The summed E-state index contributed by atoms with van der Waals surface area (Å²) >= 11 is 0. The molecule has 6 heteroatoms.